The molecule has 7 heteroatoms. The van der Waals surface area contributed by atoms with Gasteiger partial charge in [0.15, 0.2) is 0 Å². The highest BCUT2D eigenvalue weighted by Crippen LogP contribution is 2.15. The maximum Gasteiger partial charge on any atom is 0.280 e. The molecule has 0 aliphatic carbocycles. The van der Waals surface area contributed by atoms with Gasteiger partial charge in [-0.3, -0.25) is 9.89 Å². The molecular formula is C8H8BrN5O. The average Bonchev–Trinajstić information content (AvgIpc) is 2.73. The van der Waals surface area contributed by atoms with Gasteiger partial charge in [-0.25, -0.2) is 5.10 Å². The van der Waals surface area contributed by atoms with E-state index in [-0.39, 0.29) is 5.56 Å². The molecule has 2 aromatic rings. The topological polar surface area (TPSA) is 86.5 Å². The van der Waals surface area contributed by atoms with Crippen molar-refractivity contribution in [3.05, 3.63) is 39.0 Å². The fraction of sp³-hybridized carbons (Fsp3) is 0.125. The molecule has 0 fully saturated rings. The van der Waals surface area contributed by atoms with E-state index >= 15 is 0 Å². The molecule has 0 amide bonds. The second-order valence-corrected chi connectivity index (χ2v) is 3.68. The molecule has 0 spiro atoms. The summed E-state index contributed by atoms with van der Waals surface area (Å²) in [7, 11) is 0. The number of halogens is 1. The van der Waals surface area contributed by atoms with Gasteiger partial charge in [-0.1, -0.05) is 0 Å². The Balaban J connectivity index is 2.12. The molecule has 0 aliphatic heterocycles. The summed E-state index contributed by atoms with van der Waals surface area (Å²) < 4.78 is 0.445. The number of anilines is 1. The summed E-state index contributed by atoms with van der Waals surface area (Å²) in [4.78, 5) is 11.2. The molecule has 2 rings (SSSR count). The molecule has 0 bridgehead atoms. The lowest BCUT2D eigenvalue weighted by atomic mass is 10.3. The van der Waals surface area contributed by atoms with Crippen molar-refractivity contribution in [2.24, 2.45) is 0 Å². The predicted octanol–water partition coefficient (Wildman–Crippen LogP) is 0.868. The first-order valence-electron chi connectivity index (χ1n) is 4.22. The lowest BCUT2D eigenvalue weighted by molar-refractivity contribution is 0.971. The quantitative estimate of drug-likeness (QED) is 0.772. The minimum atomic E-state index is -0.257. The SMILES string of the molecule is O=c1[nH]ncc(NCc2cn[nH]c2)c1Br. The number of hydrogen-bond donors (Lipinski definition) is 3. The highest BCUT2D eigenvalue weighted by molar-refractivity contribution is 9.10. The van der Waals surface area contributed by atoms with Crippen molar-refractivity contribution in [2.45, 2.75) is 6.54 Å². The first-order chi connectivity index (χ1) is 7.27. The summed E-state index contributed by atoms with van der Waals surface area (Å²) in [6.07, 6.45) is 5.04. The van der Waals surface area contributed by atoms with Crippen molar-refractivity contribution in [3.8, 4) is 0 Å². The predicted molar refractivity (Wildman–Crippen MR) is 58.5 cm³/mol. The normalized spacial score (nSPS) is 10.2. The molecule has 0 saturated carbocycles. The van der Waals surface area contributed by atoms with E-state index in [9.17, 15) is 4.79 Å². The molecule has 0 saturated heterocycles. The van der Waals surface area contributed by atoms with E-state index in [2.05, 4.69) is 41.6 Å². The Morgan fingerprint density at radius 1 is 1.40 bits per heavy atom. The molecule has 78 valence electrons. The standard InChI is InChI=1S/C8H8BrN5O/c9-7-6(4-13-14-8(7)15)10-1-5-2-11-12-3-5/h2-4H,1H2,(H,11,12)(H2,10,14,15). The Kier molecular flexibility index (Phi) is 2.82. The third-order valence-electron chi connectivity index (χ3n) is 1.83. The van der Waals surface area contributed by atoms with Crippen molar-refractivity contribution < 1.29 is 0 Å². The van der Waals surface area contributed by atoms with Gasteiger partial charge in [0.2, 0.25) is 0 Å². The largest absolute Gasteiger partial charge is 0.378 e. The molecule has 2 heterocycles. The van der Waals surface area contributed by atoms with Crippen molar-refractivity contribution in [2.75, 3.05) is 5.32 Å². The van der Waals surface area contributed by atoms with Crippen LogP contribution < -0.4 is 10.9 Å². The third-order valence-corrected chi connectivity index (χ3v) is 2.62. The van der Waals surface area contributed by atoms with Gasteiger partial charge >= 0.3 is 0 Å². The lowest BCUT2D eigenvalue weighted by Gasteiger charge is -2.04. The van der Waals surface area contributed by atoms with Crippen LogP contribution in [0.5, 0.6) is 0 Å². The zero-order chi connectivity index (χ0) is 10.7. The maximum absolute atomic E-state index is 11.2. The van der Waals surface area contributed by atoms with Crippen LogP contribution in [0.15, 0.2) is 27.9 Å². The van der Waals surface area contributed by atoms with Crippen LogP contribution >= 0.6 is 15.9 Å². The van der Waals surface area contributed by atoms with Crippen molar-refractivity contribution in [1.29, 1.82) is 0 Å². The van der Waals surface area contributed by atoms with Crippen LogP contribution in [-0.4, -0.2) is 20.4 Å². The maximum atomic E-state index is 11.2. The van der Waals surface area contributed by atoms with E-state index in [1.807, 2.05) is 0 Å². The minimum absolute atomic E-state index is 0.257. The van der Waals surface area contributed by atoms with Crippen LogP contribution in [0.2, 0.25) is 0 Å². The molecule has 0 atom stereocenters. The Hall–Kier alpha value is -1.63. The van der Waals surface area contributed by atoms with Crippen LogP contribution in [0.4, 0.5) is 5.69 Å². The highest BCUT2D eigenvalue weighted by Gasteiger charge is 2.03. The van der Waals surface area contributed by atoms with Gasteiger partial charge in [0.05, 0.1) is 18.1 Å². The number of nitrogens with one attached hydrogen (secondary N) is 3. The summed E-state index contributed by atoms with van der Waals surface area (Å²) in [5, 5.41) is 15.6. The van der Waals surface area contributed by atoms with Crippen molar-refractivity contribution in [1.82, 2.24) is 20.4 Å². The monoisotopic (exact) mass is 269 g/mol. The molecule has 0 unspecified atom stereocenters. The number of aromatic nitrogens is 4. The smallest absolute Gasteiger partial charge is 0.280 e. The zero-order valence-electron chi connectivity index (χ0n) is 7.62. The van der Waals surface area contributed by atoms with Crippen molar-refractivity contribution in [3.63, 3.8) is 0 Å². The van der Waals surface area contributed by atoms with E-state index in [0.29, 0.717) is 16.7 Å². The first-order valence-corrected chi connectivity index (χ1v) is 5.01. The molecular weight excluding hydrogens is 262 g/mol. The molecule has 2 aromatic heterocycles. The molecule has 0 radical (unpaired) electrons. The summed E-state index contributed by atoms with van der Waals surface area (Å²) in [5.74, 6) is 0. The Morgan fingerprint density at radius 3 is 3.00 bits per heavy atom. The van der Waals surface area contributed by atoms with Gasteiger partial charge in [-0.15, -0.1) is 0 Å². The van der Waals surface area contributed by atoms with Gasteiger partial charge in [0.25, 0.3) is 5.56 Å². The summed E-state index contributed by atoms with van der Waals surface area (Å²) >= 11 is 3.17. The molecule has 3 N–H and O–H groups in total. The minimum Gasteiger partial charge on any atom is -0.378 e. The number of hydrogen-bond acceptors (Lipinski definition) is 4. The molecule has 0 aliphatic rings. The Labute approximate surface area is 93.2 Å². The summed E-state index contributed by atoms with van der Waals surface area (Å²) in [5.41, 5.74) is 1.40. The second-order valence-electron chi connectivity index (χ2n) is 2.89. The van der Waals surface area contributed by atoms with Gasteiger partial charge in [-0.05, 0) is 15.9 Å². The Morgan fingerprint density at radius 2 is 2.27 bits per heavy atom. The number of H-pyrrole nitrogens is 2. The number of rotatable bonds is 3. The van der Waals surface area contributed by atoms with E-state index in [1.165, 1.54) is 0 Å². The van der Waals surface area contributed by atoms with Crippen LogP contribution in [0.3, 0.4) is 0 Å². The van der Waals surface area contributed by atoms with E-state index in [4.69, 9.17) is 0 Å². The van der Waals surface area contributed by atoms with Crippen molar-refractivity contribution >= 4 is 21.6 Å². The average molecular weight is 270 g/mol. The van der Waals surface area contributed by atoms with Gasteiger partial charge < -0.3 is 5.32 Å². The lowest BCUT2D eigenvalue weighted by Crippen LogP contribution is -2.11. The van der Waals surface area contributed by atoms with E-state index in [0.717, 1.165) is 5.56 Å². The first kappa shape index (κ1) is 9.91. The molecule has 0 aromatic carbocycles. The van der Waals surface area contributed by atoms with Gasteiger partial charge in [0.1, 0.15) is 4.47 Å². The fourth-order valence-corrected chi connectivity index (χ4v) is 1.41. The summed E-state index contributed by atoms with van der Waals surface area (Å²) in [6.45, 7) is 0.584. The van der Waals surface area contributed by atoms with Crippen LogP contribution in [0, 0.1) is 0 Å². The van der Waals surface area contributed by atoms with E-state index in [1.54, 1.807) is 18.6 Å². The van der Waals surface area contributed by atoms with E-state index < -0.39 is 0 Å². The van der Waals surface area contributed by atoms with Crippen LogP contribution in [0.25, 0.3) is 0 Å². The zero-order valence-corrected chi connectivity index (χ0v) is 9.21. The van der Waals surface area contributed by atoms with Gasteiger partial charge in [0, 0.05) is 18.3 Å². The highest BCUT2D eigenvalue weighted by atomic mass is 79.9. The Bertz CT molecular complexity index is 492. The second kappa shape index (κ2) is 4.26. The molecule has 6 nitrogen and oxygen atoms in total. The van der Waals surface area contributed by atoms with Gasteiger partial charge in [-0.2, -0.15) is 10.2 Å². The van der Waals surface area contributed by atoms with Crippen LogP contribution in [-0.2, 0) is 6.54 Å². The summed E-state index contributed by atoms with van der Waals surface area (Å²) in [6, 6.07) is 0. The fourth-order valence-electron chi connectivity index (χ4n) is 1.08. The number of aromatic amines is 2. The molecule has 15 heavy (non-hydrogen) atoms. The van der Waals surface area contributed by atoms with Crippen LogP contribution in [0.1, 0.15) is 5.56 Å². The number of nitrogens with zero attached hydrogens (tertiary/aromatic N) is 2. The third kappa shape index (κ3) is 2.24.